The second kappa shape index (κ2) is 11.5. The standard InChI is InChI=1S/C27H32N2O4/c1-5-32-22(4)33-27-14-12-23(13-15-27)9-6-7-16-28-20(2)17-25(18-21(28)3)24-10-8-11-26(19-24)29(30)31/h6,8-15,17-19,22,25H,5,7,16H2,1-4H3/b9-6+. The molecule has 0 spiro atoms. The zero-order valence-corrected chi connectivity index (χ0v) is 19.7. The molecule has 0 N–H and O–H groups in total. The molecule has 1 aliphatic rings. The van der Waals surface area contributed by atoms with E-state index < -0.39 is 0 Å². The third-order valence-electron chi connectivity index (χ3n) is 5.57. The van der Waals surface area contributed by atoms with E-state index in [9.17, 15) is 10.1 Å². The van der Waals surface area contributed by atoms with Crippen LogP contribution in [0, 0.1) is 10.1 Å². The predicted octanol–water partition coefficient (Wildman–Crippen LogP) is 6.67. The van der Waals surface area contributed by atoms with Crippen LogP contribution in [0.15, 0.2) is 78.2 Å². The summed E-state index contributed by atoms with van der Waals surface area (Å²) in [6, 6.07) is 14.8. The summed E-state index contributed by atoms with van der Waals surface area (Å²) in [7, 11) is 0. The zero-order valence-electron chi connectivity index (χ0n) is 19.7. The van der Waals surface area contributed by atoms with Crippen LogP contribution < -0.4 is 4.74 Å². The lowest BCUT2D eigenvalue weighted by Crippen LogP contribution is -2.24. The van der Waals surface area contributed by atoms with Crippen LogP contribution in [0.25, 0.3) is 6.08 Å². The fourth-order valence-corrected chi connectivity index (χ4v) is 3.96. The molecular formula is C27H32N2O4. The Hall–Kier alpha value is -3.38. The van der Waals surface area contributed by atoms with Gasteiger partial charge in [-0.2, -0.15) is 0 Å². The maximum Gasteiger partial charge on any atom is 0.269 e. The van der Waals surface area contributed by atoms with Crippen LogP contribution >= 0.6 is 0 Å². The lowest BCUT2D eigenvalue weighted by Gasteiger charge is -2.31. The van der Waals surface area contributed by atoms with E-state index in [2.05, 4.69) is 43.1 Å². The Morgan fingerprint density at radius 1 is 1.12 bits per heavy atom. The van der Waals surface area contributed by atoms with E-state index in [-0.39, 0.29) is 22.8 Å². The van der Waals surface area contributed by atoms with Crippen LogP contribution in [0.2, 0.25) is 0 Å². The largest absolute Gasteiger partial charge is 0.465 e. The summed E-state index contributed by atoms with van der Waals surface area (Å²) < 4.78 is 11.1. The summed E-state index contributed by atoms with van der Waals surface area (Å²) in [5.74, 6) is 0.837. The Balaban J connectivity index is 1.55. The molecular weight excluding hydrogens is 416 g/mol. The van der Waals surface area contributed by atoms with E-state index in [1.807, 2.05) is 44.2 Å². The molecule has 1 unspecified atom stereocenters. The van der Waals surface area contributed by atoms with E-state index >= 15 is 0 Å². The van der Waals surface area contributed by atoms with Crippen LogP contribution in [0.4, 0.5) is 5.69 Å². The van der Waals surface area contributed by atoms with Gasteiger partial charge in [-0.05, 0) is 57.4 Å². The molecule has 1 aliphatic heterocycles. The maximum atomic E-state index is 11.1. The number of benzene rings is 2. The van der Waals surface area contributed by atoms with Gasteiger partial charge in [-0.25, -0.2) is 0 Å². The molecule has 1 atom stereocenters. The molecule has 2 aromatic carbocycles. The van der Waals surface area contributed by atoms with Gasteiger partial charge >= 0.3 is 0 Å². The Kier molecular flexibility index (Phi) is 8.44. The number of hydrogen-bond acceptors (Lipinski definition) is 5. The monoisotopic (exact) mass is 448 g/mol. The Bertz CT molecular complexity index is 1020. The van der Waals surface area contributed by atoms with E-state index in [0.717, 1.165) is 41.2 Å². The number of nitro groups is 1. The first-order chi connectivity index (χ1) is 15.9. The van der Waals surface area contributed by atoms with Crippen LogP contribution in [-0.2, 0) is 4.74 Å². The molecule has 0 aromatic heterocycles. The third kappa shape index (κ3) is 6.80. The molecule has 6 nitrogen and oxygen atoms in total. The molecule has 0 radical (unpaired) electrons. The van der Waals surface area contributed by atoms with Crippen molar-refractivity contribution >= 4 is 11.8 Å². The molecule has 0 amide bonds. The summed E-state index contributed by atoms with van der Waals surface area (Å²) >= 11 is 0. The van der Waals surface area contributed by atoms with Gasteiger partial charge in [0.15, 0.2) is 6.29 Å². The molecule has 0 fully saturated rings. The van der Waals surface area contributed by atoms with Crippen molar-refractivity contribution < 1.29 is 14.4 Å². The van der Waals surface area contributed by atoms with Crippen molar-refractivity contribution in [3.05, 3.63) is 99.4 Å². The van der Waals surface area contributed by atoms with Crippen LogP contribution in [0.3, 0.4) is 0 Å². The van der Waals surface area contributed by atoms with Crippen LogP contribution in [0.5, 0.6) is 5.75 Å². The van der Waals surface area contributed by atoms with Crippen molar-refractivity contribution in [2.45, 2.75) is 46.3 Å². The molecule has 2 aromatic rings. The second-order valence-electron chi connectivity index (χ2n) is 8.05. The van der Waals surface area contributed by atoms with E-state index in [1.54, 1.807) is 12.1 Å². The summed E-state index contributed by atoms with van der Waals surface area (Å²) in [6.45, 7) is 9.51. The molecule has 6 heteroatoms. The highest BCUT2D eigenvalue weighted by atomic mass is 16.7. The average molecular weight is 449 g/mol. The number of nitrogens with zero attached hydrogens (tertiary/aromatic N) is 2. The highest BCUT2D eigenvalue weighted by Gasteiger charge is 2.19. The van der Waals surface area contributed by atoms with Crippen molar-refractivity contribution in [2.24, 2.45) is 0 Å². The van der Waals surface area contributed by atoms with E-state index in [4.69, 9.17) is 9.47 Å². The second-order valence-corrected chi connectivity index (χ2v) is 8.05. The number of hydrogen-bond donors (Lipinski definition) is 0. The number of nitro benzene ring substituents is 1. The van der Waals surface area contributed by atoms with Crippen molar-refractivity contribution in [1.29, 1.82) is 0 Å². The SMILES string of the molecule is CCOC(C)Oc1ccc(/C=C/CCN2C(C)=CC(c3cccc([N+](=O)[O-])c3)C=C2C)cc1. The summed E-state index contributed by atoms with van der Waals surface area (Å²) in [4.78, 5) is 13.0. The number of allylic oxidation sites excluding steroid dienone is 4. The minimum absolute atomic E-state index is 0.0443. The highest BCUT2D eigenvalue weighted by molar-refractivity contribution is 5.50. The molecule has 3 rings (SSSR count). The molecule has 0 aliphatic carbocycles. The molecule has 0 saturated heterocycles. The normalized spacial score (nSPS) is 15.3. The Morgan fingerprint density at radius 3 is 2.45 bits per heavy atom. The minimum Gasteiger partial charge on any atom is -0.465 e. The van der Waals surface area contributed by atoms with Gasteiger partial charge in [0.1, 0.15) is 5.75 Å². The fourth-order valence-electron chi connectivity index (χ4n) is 3.96. The Labute approximate surface area is 196 Å². The van der Waals surface area contributed by atoms with Gasteiger partial charge in [0, 0.05) is 42.6 Å². The van der Waals surface area contributed by atoms with Crippen LogP contribution in [-0.4, -0.2) is 29.3 Å². The van der Waals surface area contributed by atoms with Crippen molar-refractivity contribution in [1.82, 2.24) is 4.90 Å². The highest BCUT2D eigenvalue weighted by Crippen LogP contribution is 2.31. The van der Waals surface area contributed by atoms with E-state index in [1.165, 1.54) is 6.07 Å². The number of rotatable bonds is 10. The smallest absolute Gasteiger partial charge is 0.269 e. The van der Waals surface area contributed by atoms with Gasteiger partial charge in [-0.3, -0.25) is 10.1 Å². The fraction of sp³-hybridized carbons (Fsp3) is 0.333. The summed E-state index contributed by atoms with van der Waals surface area (Å²) in [5.41, 5.74) is 4.50. The van der Waals surface area contributed by atoms with Crippen molar-refractivity contribution in [3.63, 3.8) is 0 Å². The molecule has 1 heterocycles. The van der Waals surface area contributed by atoms with Gasteiger partial charge in [0.2, 0.25) is 0 Å². The first-order valence-electron chi connectivity index (χ1n) is 11.3. The predicted molar refractivity (Wildman–Crippen MR) is 132 cm³/mol. The Morgan fingerprint density at radius 2 is 1.82 bits per heavy atom. The van der Waals surface area contributed by atoms with Gasteiger partial charge in [0.05, 0.1) is 4.92 Å². The molecule has 174 valence electrons. The molecule has 0 saturated carbocycles. The van der Waals surface area contributed by atoms with Gasteiger partial charge < -0.3 is 14.4 Å². The summed E-state index contributed by atoms with van der Waals surface area (Å²) in [5, 5.41) is 11.1. The van der Waals surface area contributed by atoms with Crippen molar-refractivity contribution in [2.75, 3.05) is 13.2 Å². The molecule has 0 bridgehead atoms. The average Bonchev–Trinajstić information content (AvgIpc) is 2.79. The first-order valence-corrected chi connectivity index (χ1v) is 11.3. The topological polar surface area (TPSA) is 64.8 Å². The van der Waals surface area contributed by atoms with Crippen LogP contribution in [0.1, 0.15) is 51.2 Å². The van der Waals surface area contributed by atoms with Gasteiger partial charge in [0.25, 0.3) is 5.69 Å². The first kappa shape index (κ1) is 24.3. The minimum atomic E-state index is -0.347. The third-order valence-corrected chi connectivity index (χ3v) is 5.57. The summed E-state index contributed by atoms with van der Waals surface area (Å²) in [6.07, 6.45) is 9.26. The lowest BCUT2D eigenvalue weighted by molar-refractivity contribution is -0.384. The molecule has 33 heavy (non-hydrogen) atoms. The lowest BCUT2D eigenvalue weighted by atomic mass is 9.93. The zero-order chi connectivity index (χ0) is 23.8. The quantitative estimate of drug-likeness (QED) is 0.231. The van der Waals surface area contributed by atoms with E-state index in [0.29, 0.717) is 6.61 Å². The number of non-ortho nitro benzene ring substituents is 1. The van der Waals surface area contributed by atoms with Gasteiger partial charge in [-0.15, -0.1) is 0 Å². The maximum absolute atomic E-state index is 11.1. The number of ether oxygens (including phenoxy) is 2. The van der Waals surface area contributed by atoms with Gasteiger partial charge in [-0.1, -0.05) is 48.6 Å². The van der Waals surface area contributed by atoms with Crippen molar-refractivity contribution in [3.8, 4) is 5.75 Å².